The van der Waals surface area contributed by atoms with Gasteiger partial charge in [-0.3, -0.25) is 14.6 Å². The predicted octanol–water partition coefficient (Wildman–Crippen LogP) is 2.68. The third-order valence-electron chi connectivity index (χ3n) is 5.44. The van der Waals surface area contributed by atoms with Crippen molar-refractivity contribution >= 4 is 28.5 Å². The van der Waals surface area contributed by atoms with Gasteiger partial charge in [0.05, 0.1) is 13.0 Å². The molecular formula is C23H19FN6O4. The number of pyridine rings is 2. The maximum absolute atomic E-state index is 13.1. The van der Waals surface area contributed by atoms with E-state index in [1.165, 1.54) is 23.2 Å². The van der Waals surface area contributed by atoms with Gasteiger partial charge in [-0.25, -0.2) is 9.37 Å². The summed E-state index contributed by atoms with van der Waals surface area (Å²) in [4.78, 5) is 34.5. The zero-order valence-corrected chi connectivity index (χ0v) is 17.9. The Morgan fingerprint density at radius 3 is 2.79 bits per heavy atom. The van der Waals surface area contributed by atoms with Crippen LogP contribution in [0.25, 0.3) is 22.5 Å². The molecule has 34 heavy (non-hydrogen) atoms. The minimum Gasteiger partial charge on any atom is -0.504 e. The smallest absolute Gasteiger partial charge is 0.270 e. The van der Waals surface area contributed by atoms with Gasteiger partial charge in [-0.15, -0.1) is 10.2 Å². The molecule has 0 aliphatic carbocycles. The minimum atomic E-state index is -0.424. The highest BCUT2D eigenvalue weighted by Crippen LogP contribution is 2.36. The van der Waals surface area contributed by atoms with Crippen LogP contribution < -0.4 is 5.32 Å². The van der Waals surface area contributed by atoms with E-state index in [0.29, 0.717) is 18.4 Å². The van der Waals surface area contributed by atoms with Gasteiger partial charge in [-0.05, 0) is 36.2 Å². The van der Waals surface area contributed by atoms with Crippen LogP contribution in [-0.2, 0) is 16.0 Å². The number of likely N-dealkylation sites (tertiary alicyclic amines) is 1. The lowest BCUT2D eigenvalue weighted by atomic mass is 10.1. The van der Waals surface area contributed by atoms with Crippen LogP contribution in [0.15, 0.2) is 47.0 Å². The van der Waals surface area contributed by atoms with E-state index in [2.05, 4.69) is 25.5 Å². The van der Waals surface area contributed by atoms with E-state index in [-0.39, 0.29) is 59.2 Å². The van der Waals surface area contributed by atoms with Crippen molar-refractivity contribution in [1.29, 1.82) is 0 Å². The number of carbonyl (C=O) groups is 2. The zero-order chi connectivity index (χ0) is 23.7. The van der Waals surface area contributed by atoms with Crippen molar-refractivity contribution in [1.82, 2.24) is 25.1 Å². The summed E-state index contributed by atoms with van der Waals surface area (Å²) in [7, 11) is 0. The molecular weight excluding hydrogens is 443 g/mol. The highest BCUT2D eigenvalue weighted by Gasteiger charge is 2.25. The molecule has 1 aliphatic rings. The summed E-state index contributed by atoms with van der Waals surface area (Å²) in [5.74, 6) is -0.801. The van der Waals surface area contributed by atoms with Crippen LogP contribution >= 0.6 is 0 Å². The Labute approximate surface area is 192 Å². The average Bonchev–Trinajstić information content (AvgIpc) is 3.46. The van der Waals surface area contributed by atoms with Crippen LogP contribution in [-0.4, -0.2) is 55.1 Å². The molecule has 0 saturated carbocycles. The highest BCUT2D eigenvalue weighted by atomic mass is 19.1. The molecule has 4 aromatic rings. The van der Waals surface area contributed by atoms with E-state index >= 15 is 0 Å². The van der Waals surface area contributed by atoms with Gasteiger partial charge in [0.25, 0.3) is 5.89 Å². The number of nitrogens with one attached hydrogen (secondary N) is 1. The maximum atomic E-state index is 13.1. The molecule has 1 aliphatic heterocycles. The van der Waals surface area contributed by atoms with Crippen molar-refractivity contribution in [2.45, 2.75) is 19.3 Å². The van der Waals surface area contributed by atoms with Crippen molar-refractivity contribution < 1.29 is 23.5 Å². The Morgan fingerprint density at radius 2 is 2.03 bits per heavy atom. The van der Waals surface area contributed by atoms with Crippen molar-refractivity contribution in [2.24, 2.45) is 0 Å². The Bertz CT molecular complexity index is 1390. The summed E-state index contributed by atoms with van der Waals surface area (Å²) in [6.07, 6.45) is 2.90. The Hall–Kier alpha value is -4.41. The molecule has 4 heterocycles. The Balaban J connectivity index is 1.45. The van der Waals surface area contributed by atoms with E-state index in [9.17, 15) is 19.1 Å². The van der Waals surface area contributed by atoms with E-state index in [1.54, 1.807) is 24.3 Å². The molecule has 2 amide bonds. The molecule has 11 heteroatoms. The number of aromatic nitrogens is 4. The van der Waals surface area contributed by atoms with E-state index < -0.39 is 5.91 Å². The lowest BCUT2D eigenvalue weighted by Gasteiger charge is -2.16. The zero-order valence-electron chi connectivity index (χ0n) is 17.9. The Kier molecular flexibility index (Phi) is 5.58. The number of hydrogen-bond donors (Lipinski definition) is 2. The third kappa shape index (κ3) is 4.27. The normalized spacial score (nSPS) is 13.6. The molecule has 172 valence electrons. The first-order valence-corrected chi connectivity index (χ1v) is 10.6. The standard InChI is InChI=1S/C23H19FN6O4/c24-14-7-5-13(6-8-14)11-17-28-29-23(34-17)20-21(33)19-15(3-1-9-25-19)22(27-20)26-16(31)12-30-10-2-4-18(30)32/h1,3,5-9,33H,2,4,10-12H2,(H,26,27,31). The quantitative estimate of drug-likeness (QED) is 0.447. The second kappa shape index (κ2) is 8.85. The molecule has 0 radical (unpaired) electrons. The van der Waals surface area contributed by atoms with Gasteiger partial charge in [0.15, 0.2) is 11.4 Å². The number of carbonyl (C=O) groups excluding carboxylic acids is 2. The van der Waals surface area contributed by atoms with Crippen LogP contribution in [0.3, 0.4) is 0 Å². The SMILES string of the molecule is O=C(CN1CCCC1=O)Nc1nc(-c2nnc(Cc3ccc(F)cc3)o2)c(O)c2ncccc12. The second-order valence-corrected chi connectivity index (χ2v) is 7.83. The van der Waals surface area contributed by atoms with Crippen molar-refractivity contribution in [3.05, 3.63) is 59.9 Å². The number of halogens is 1. The molecule has 3 aromatic heterocycles. The molecule has 1 saturated heterocycles. The molecule has 10 nitrogen and oxygen atoms in total. The third-order valence-corrected chi connectivity index (χ3v) is 5.44. The van der Waals surface area contributed by atoms with Gasteiger partial charge < -0.3 is 19.7 Å². The van der Waals surface area contributed by atoms with Crippen LogP contribution in [0.5, 0.6) is 5.75 Å². The molecule has 1 aromatic carbocycles. The Morgan fingerprint density at radius 1 is 1.21 bits per heavy atom. The van der Waals surface area contributed by atoms with Crippen molar-refractivity contribution in [3.8, 4) is 17.3 Å². The fraction of sp³-hybridized carbons (Fsp3) is 0.217. The van der Waals surface area contributed by atoms with E-state index in [1.807, 2.05) is 0 Å². The number of rotatable bonds is 6. The second-order valence-electron chi connectivity index (χ2n) is 7.83. The largest absolute Gasteiger partial charge is 0.504 e. The first kappa shape index (κ1) is 21.4. The minimum absolute atomic E-state index is 0.0448. The first-order chi connectivity index (χ1) is 16.5. The fourth-order valence-electron chi connectivity index (χ4n) is 3.78. The van der Waals surface area contributed by atoms with Gasteiger partial charge in [-0.2, -0.15) is 0 Å². The summed E-state index contributed by atoms with van der Waals surface area (Å²) < 4.78 is 18.8. The topological polar surface area (TPSA) is 134 Å². The van der Waals surface area contributed by atoms with Crippen LogP contribution in [0, 0.1) is 5.82 Å². The average molecular weight is 462 g/mol. The fourth-order valence-corrected chi connectivity index (χ4v) is 3.78. The molecule has 0 unspecified atom stereocenters. The summed E-state index contributed by atoms with van der Waals surface area (Å²) >= 11 is 0. The maximum Gasteiger partial charge on any atom is 0.270 e. The lowest BCUT2D eigenvalue weighted by Crippen LogP contribution is -2.34. The monoisotopic (exact) mass is 462 g/mol. The summed E-state index contributed by atoms with van der Waals surface area (Å²) in [5, 5.41) is 21.9. The van der Waals surface area contributed by atoms with Gasteiger partial charge in [0.1, 0.15) is 17.2 Å². The lowest BCUT2D eigenvalue weighted by molar-refractivity contribution is -0.131. The predicted molar refractivity (Wildman–Crippen MR) is 118 cm³/mol. The molecule has 1 fully saturated rings. The van der Waals surface area contributed by atoms with Crippen molar-refractivity contribution in [2.75, 3.05) is 18.4 Å². The van der Waals surface area contributed by atoms with Gasteiger partial charge in [-0.1, -0.05) is 12.1 Å². The molecule has 0 bridgehead atoms. The first-order valence-electron chi connectivity index (χ1n) is 10.6. The number of nitrogens with zero attached hydrogens (tertiary/aromatic N) is 5. The van der Waals surface area contributed by atoms with Crippen LogP contribution in [0.2, 0.25) is 0 Å². The number of fused-ring (bicyclic) bond motifs is 1. The summed E-state index contributed by atoms with van der Waals surface area (Å²) in [6.45, 7) is 0.433. The highest BCUT2D eigenvalue weighted by molar-refractivity contribution is 6.04. The number of anilines is 1. The van der Waals surface area contributed by atoms with Gasteiger partial charge in [0.2, 0.25) is 17.7 Å². The number of amides is 2. The number of aromatic hydroxyl groups is 1. The molecule has 0 atom stereocenters. The number of benzene rings is 1. The van der Waals surface area contributed by atoms with E-state index in [4.69, 9.17) is 4.42 Å². The van der Waals surface area contributed by atoms with Crippen LogP contribution in [0.1, 0.15) is 24.3 Å². The molecule has 5 rings (SSSR count). The summed E-state index contributed by atoms with van der Waals surface area (Å²) in [5.41, 5.74) is 0.910. The van der Waals surface area contributed by atoms with Gasteiger partial charge in [0, 0.05) is 24.5 Å². The molecule has 2 N–H and O–H groups in total. The van der Waals surface area contributed by atoms with Gasteiger partial charge >= 0.3 is 0 Å². The number of hydrogen-bond acceptors (Lipinski definition) is 8. The summed E-state index contributed by atoms with van der Waals surface area (Å²) in [6, 6.07) is 9.18. The van der Waals surface area contributed by atoms with Crippen LogP contribution in [0.4, 0.5) is 10.2 Å². The van der Waals surface area contributed by atoms with Crippen molar-refractivity contribution in [3.63, 3.8) is 0 Å². The molecule has 0 spiro atoms. The van der Waals surface area contributed by atoms with E-state index in [0.717, 1.165) is 12.0 Å².